The summed E-state index contributed by atoms with van der Waals surface area (Å²) in [4.78, 5) is 38.7. The van der Waals surface area contributed by atoms with Crippen molar-refractivity contribution < 1.29 is 24.3 Å². The van der Waals surface area contributed by atoms with Gasteiger partial charge in [-0.05, 0) is 19.3 Å². The Morgan fingerprint density at radius 2 is 1.71 bits per heavy atom. The van der Waals surface area contributed by atoms with E-state index >= 15 is 0 Å². The van der Waals surface area contributed by atoms with E-state index in [-0.39, 0.29) is 5.56 Å². The first kappa shape index (κ1) is 15.0. The smallest absolute Gasteiger partial charge is 0.380 e. The van der Waals surface area contributed by atoms with Gasteiger partial charge in [0, 0.05) is 5.56 Å². The monoisotopic (exact) mass is 293 g/mol. The summed E-state index contributed by atoms with van der Waals surface area (Å²) >= 11 is 0. The fourth-order valence-electron chi connectivity index (χ4n) is 2.33. The van der Waals surface area contributed by atoms with Gasteiger partial charge < -0.3 is 9.57 Å². The number of esters is 1. The van der Waals surface area contributed by atoms with Crippen molar-refractivity contribution in [3.05, 3.63) is 46.0 Å². The van der Waals surface area contributed by atoms with Crippen LogP contribution in [0.25, 0.3) is 0 Å². The number of carbonyl (C=O) groups is 2. The van der Waals surface area contributed by atoms with Crippen molar-refractivity contribution >= 4 is 11.8 Å². The van der Waals surface area contributed by atoms with Crippen LogP contribution < -0.4 is 0 Å². The molecule has 1 aromatic rings. The van der Waals surface area contributed by atoms with Crippen molar-refractivity contribution in [3.63, 3.8) is 0 Å². The molecule has 0 heterocycles. The molecule has 1 aliphatic rings. The van der Waals surface area contributed by atoms with E-state index in [1.165, 1.54) is 12.1 Å². The minimum Gasteiger partial charge on any atom is -0.454 e. The number of ketones is 1. The molecule has 1 aliphatic carbocycles. The normalized spacial score (nSPS) is 21.3. The predicted octanol–water partition coefficient (Wildman–Crippen LogP) is 1.93. The third kappa shape index (κ3) is 4.01. The van der Waals surface area contributed by atoms with Crippen LogP contribution >= 0.6 is 0 Å². The highest BCUT2D eigenvalue weighted by Gasteiger charge is 2.33. The van der Waals surface area contributed by atoms with Gasteiger partial charge in [0.15, 0.2) is 0 Å². The molecule has 0 aliphatic heterocycles. The highest BCUT2D eigenvalue weighted by Crippen LogP contribution is 2.24. The van der Waals surface area contributed by atoms with Crippen LogP contribution in [0.2, 0.25) is 0 Å². The summed E-state index contributed by atoms with van der Waals surface area (Å²) in [7, 11) is 0. The Balaban J connectivity index is 2.00. The molecular formula is C14H15NO6. The van der Waals surface area contributed by atoms with E-state index in [0.717, 1.165) is 12.8 Å². The Bertz CT molecular complexity index is 530. The second kappa shape index (κ2) is 6.83. The molecule has 0 unspecified atom stereocenters. The molecule has 0 aromatic heterocycles. The molecule has 112 valence electrons. The summed E-state index contributed by atoms with van der Waals surface area (Å²) in [6.07, 6.45) is 0.851. The summed E-state index contributed by atoms with van der Waals surface area (Å²) in [6, 6.07) is 8.02. The maximum Gasteiger partial charge on any atom is 0.380 e. The van der Waals surface area contributed by atoms with Gasteiger partial charge in [-0.3, -0.25) is 4.79 Å². The topological polar surface area (TPSA) is 95.7 Å². The molecule has 0 amide bonds. The minimum atomic E-state index is -1.01. The van der Waals surface area contributed by atoms with E-state index in [1.54, 1.807) is 18.2 Å². The lowest BCUT2D eigenvalue weighted by atomic mass is 9.94. The SMILES string of the molecule is O=C(O[C@@H]1CCCC[C@H]1O[N+](=O)[O-])C(=O)c1ccccc1. The summed E-state index contributed by atoms with van der Waals surface area (Å²) in [5.74, 6) is -1.77. The second-order valence-electron chi connectivity index (χ2n) is 4.79. The van der Waals surface area contributed by atoms with Gasteiger partial charge in [-0.2, -0.15) is 0 Å². The van der Waals surface area contributed by atoms with Crippen molar-refractivity contribution in [3.8, 4) is 0 Å². The fourth-order valence-corrected chi connectivity index (χ4v) is 2.33. The van der Waals surface area contributed by atoms with Gasteiger partial charge in [0.2, 0.25) is 0 Å². The molecule has 0 saturated heterocycles. The Labute approximate surface area is 121 Å². The zero-order chi connectivity index (χ0) is 15.2. The van der Waals surface area contributed by atoms with E-state index in [1.807, 2.05) is 0 Å². The number of benzene rings is 1. The molecule has 1 aromatic carbocycles. The van der Waals surface area contributed by atoms with Crippen LogP contribution in [0.3, 0.4) is 0 Å². The molecule has 0 radical (unpaired) electrons. The fraction of sp³-hybridized carbons (Fsp3) is 0.429. The molecular weight excluding hydrogens is 278 g/mol. The van der Waals surface area contributed by atoms with E-state index in [9.17, 15) is 19.7 Å². The van der Waals surface area contributed by atoms with Crippen LogP contribution in [0.5, 0.6) is 0 Å². The summed E-state index contributed by atoms with van der Waals surface area (Å²) in [5.41, 5.74) is 0.227. The highest BCUT2D eigenvalue weighted by atomic mass is 17.0. The average molecular weight is 293 g/mol. The van der Waals surface area contributed by atoms with Crippen molar-refractivity contribution in [2.24, 2.45) is 0 Å². The van der Waals surface area contributed by atoms with Gasteiger partial charge in [0.1, 0.15) is 12.2 Å². The van der Waals surface area contributed by atoms with Gasteiger partial charge in [-0.25, -0.2) is 4.79 Å². The third-order valence-electron chi connectivity index (χ3n) is 3.34. The Hall–Kier alpha value is -2.44. The van der Waals surface area contributed by atoms with Crippen molar-refractivity contribution in [2.45, 2.75) is 37.9 Å². The van der Waals surface area contributed by atoms with Gasteiger partial charge in [0.05, 0.1) is 0 Å². The van der Waals surface area contributed by atoms with E-state index in [4.69, 9.17) is 4.74 Å². The maximum atomic E-state index is 11.9. The average Bonchev–Trinajstić information content (AvgIpc) is 2.49. The van der Waals surface area contributed by atoms with Crippen LogP contribution in [0.4, 0.5) is 0 Å². The molecule has 0 N–H and O–H groups in total. The first-order valence-corrected chi connectivity index (χ1v) is 6.69. The number of hydrogen-bond acceptors (Lipinski definition) is 6. The second-order valence-corrected chi connectivity index (χ2v) is 4.79. The highest BCUT2D eigenvalue weighted by molar-refractivity contribution is 6.40. The third-order valence-corrected chi connectivity index (χ3v) is 3.34. The molecule has 21 heavy (non-hydrogen) atoms. The Kier molecular flexibility index (Phi) is 4.86. The number of carbonyl (C=O) groups excluding carboxylic acids is 2. The number of ether oxygens (including phenoxy) is 1. The first-order valence-electron chi connectivity index (χ1n) is 6.69. The van der Waals surface area contributed by atoms with Crippen LogP contribution in [0, 0.1) is 10.1 Å². The largest absolute Gasteiger partial charge is 0.454 e. The van der Waals surface area contributed by atoms with E-state index in [0.29, 0.717) is 12.8 Å². The number of hydrogen-bond donors (Lipinski definition) is 0. The molecule has 0 spiro atoms. The zero-order valence-corrected chi connectivity index (χ0v) is 11.3. The maximum absolute atomic E-state index is 11.9. The number of Topliss-reactive ketones (excluding diaryl/α,β-unsaturated/α-hetero) is 1. The molecule has 1 fully saturated rings. The van der Waals surface area contributed by atoms with Crippen LogP contribution in [0.1, 0.15) is 36.0 Å². The van der Waals surface area contributed by atoms with Gasteiger partial charge in [0.25, 0.3) is 10.9 Å². The predicted molar refractivity (Wildman–Crippen MR) is 71.0 cm³/mol. The summed E-state index contributed by atoms with van der Waals surface area (Å²) in [5, 5.41) is 9.54. The Morgan fingerprint density at radius 3 is 2.33 bits per heavy atom. The van der Waals surface area contributed by atoms with Gasteiger partial charge in [-0.1, -0.05) is 36.8 Å². The summed E-state index contributed by atoms with van der Waals surface area (Å²) in [6.45, 7) is 0. The molecule has 1 saturated carbocycles. The zero-order valence-electron chi connectivity index (χ0n) is 11.3. The van der Waals surface area contributed by atoms with Crippen LogP contribution in [-0.4, -0.2) is 29.0 Å². The quantitative estimate of drug-likeness (QED) is 0.270. The minimum absolute atomic E-state index is 0.227. The van der Waals surface area contributed by atoms with Crippen LogP contribution in [-0.2, 0) is 14.4 Å². The molecule has 0 bridgehead atoms. The molecule has 7 heteroatoms. The standard InChI is InChI=1S/C14H15NO6/c16-13(10-6-2-1-3-7-10)14(17)20-11-8-4-5-9-12(11)21-15(18)19/h1-3,6-7,11-12H,4-5,8-9H2/t11-,12-/m1/s1. The van der Waals surface area contributed by atoms with Crippen molar-refractivity contribution in [1.29, 1.82) is 0 Å². The van der Waals surface area contributed by atoms with Crippen LogP contribution in [0.15, 0.2) is 30.3 Å². The molecule has 2 rings (SSSR count). The van der Waals surface area contributed by atoms with Gasteiger partial charge in [-0.15, -0.1) is 10.1 Å². The van der Waals surface area contributed by atoms with Gasteiger partial charge >= 0.3 is 5.97 Å². The van der Waals surface area contributed by atoms with Crippen molar-refractivity contribution in [1.82, 2.24) is 0 Å². The lowest BCUT2D eigenvalue weighted by Gasteiger charge is -2.28. The lowest BCUT2D eigenvalue weighted by molar-refractivity contribution is -0.771. The Morgan fingerprint density at radius 1 is 1.10 bits per heavy atom. The summed E-state index contributed by atoms with van der Waals surface area (Å²) < 4.78 is 5.10. The number of nitrogens with zero attached hydrogens (tertiary/aromatic N) is 1. The first-order chi connectivity index (χ1) is 10.1. The molecule has 2 atom stereocenters. The molecule has 7 nitrogen and oxygen atoms in total. The van der Waals surface area contributed by atoms with E-state index < -0.39 is 29.0 Å². The van der Waals surface area contributed by atoms with Crippen molar-refractivity contribution in [2.75, 3.05) is 0 Å². The number of rotatable bonds is 5. The van der Waals surface area contributed by atoms with E-state index in [2.05, 4.69) is 4.84 Å². The lowest BCUT2D eigenvalue weighted by Crippen LogP contribution is -2.39.